The van der Waals surface area contributed by atoms with Crippen molar-refractivity contribution >= 4 is 23.3 Å². The molecule has 41 heavy (non-hydrogen) atoms. The Hall–Kier alpha value is -2.20. The molecule has 4 aliphatic carbocycles. The Kier molecular flexibility index (Phi) is 8.07. The van der Waals surface area contributed by atoms with Gasteiger partial charge in [-0.3, -0.25) is 19.2 Å². The van der Waals surface area contributed by atoms with Crippen molar-refractivity contribution in [3.63, 3.8) is 0 Å². The van der Waals surface area contributed by atoms with Gasteiger partial charge in [-0.05, 0) is 88.7 Å². The molecule has 0 bridgehead atoms. The van der Waals surface area contributed by atoms with Crippen molar-refractivity contribution in [2.75, 3.05) is 0 Å². The Bertz CT molecular complexity index is 1210. The Morgan fingerprint density at radius 3 is 2.20 bits per heavy atom. The molecule has 9 heteroatoms. The Balaban J connectivity index is 0.00000462. The number of ketones is 3. The summed E-state index contributed by atoms with van der Waals surface area (Å²) in [6, 6.07) is 0. The average Bonchev–Trinajstić information content (AvgIpc) is 3.01. The highest BCUT2D eigenvalue weighted by Crippen LogP contribution is 2.74. The molecule has 0 aromatic rings. The van der Waals surface area contributed by atoms with E-state index in [0.29, 0.717) is 12.8 Å². The monoisotopic (exact) mass is 576 g/mol. The normalized spacial score (nSPS) is 41.4. The van der Waals surface area contributed by atoms with Gasteiger partial charge in [0.25, 0.3) is 0 Å². The lowest BCUT2D eigenvalue weighted by Gasteiger charge is -2.64. The fourth-order valence-electron chi connectivity index (χ4n) is 9.40. The predicted octanol–water partition coefficient (Wildman–Crippen LogP) is 2.67. The van der Waals surface area contributed by atoms with Gasteiger partial charge >= 0.3 is 5.97 Å². The second kappa shape index (κ2) is 9.93. The third kappa shape index (κ3) is 4.58. The van der Waals surface area contributed by atoms with Crippen LogP contribution in [0.4, 0.5) is 0 Å². The molecule has 0 aromatic heterocycles. The van der Waals surface area contributed by atoms with Crippen LogP contribution >= 0.6 is 0 Å². The van der Waals surface area contributed by atoms with Crippen molar-refractivity contribution in [3.8, 4) is 0 Å². The molecule has 0 heterocycles. The molecular formula is C32H48O9. The minimum atomic E-state index is -1.99. The number of rotatable bonds is 5. The summed E-state index contributed by atoms with van der Waals surface area (Å²) in [7, 11) is 0. The maximum atomic E-state index is 14.3. The summed E-state index contributed by atoms with van der Waals surface area (Å²) in [5, 5.41) is 34.0. The number of hydrogen-bond donors (Lipinski definition) is 3. The van der Waals surface area contributed by atoms with Crippen molar-refractivity contribution in [1.82, 2.24) is 0 Å². The smallest absolute Gasteiger partial charge is 0.303 e. The first-order valence-corrected chi connectivity index (χ1v) is 14.4. The molecule has 0 spiro atoms. The summed E-state index contributed by atoms with van der Waals surface area (Å²) in [5.41, 5.74) is -5.43. The SMILES string of the molecule is CC(=O)OC(C)(C)/C=C\C(=O)[C@](C)(O)[C@H]1[C@H](O)C[C@@]2(C)[C@@H]3CC=C4[C@@H](C[C@H](O)C(=O)C4(C)C)[C@]3(C)C(=O)C[C@]12C.O. The molecule has 9 nitrogen and oxygen atoms in total. The van der Waals surface area contributed by atoms with E-state index in [9.17, 15) is 34.5 Å². The fraction of sp³-hybridized carbons (Fsp3) is 0.750. The Morgan fingerprint density at radius 1 is 1.05 bits per heavy atom. The van der Waals surface area contributed by atoms with E-state index in [1.165, 1.54) is 26.0 Å². The van der Waals surface area contributed by atoms with Gasteiger partial charge in [-0.2, -0.15) is 0 Å². The highest BCUT2D eigenvalue weighted by Gasteiger charge is 2.74. The summed E-state index contributed by atoms with van der Waals surface area (Å²) >= 11 is 0. The van der Waals surface area contributed by atoms with Crippen LogP contribution in [0.3, 0.4) is 0 Å². The predicted molar refractivity (Wildman–Crippen MR) is 151 cm³/mol. The zero-order valence-electron chi connectivity index (χ0n) is 25.8. The van der Waals surface area contributed by atoms with Crippen molar-refractivity contribution in [3.05, 3.63) is 23.8 Å². The zero-order chi connectivity index (χ0) is 30.4. The van der Waals surface area contributed by atoms with Crippen LogP contribution in [0.1, 0.15) is 88.0 Å². The number of Topliss-reactive ketones (excluding diaryl/α,β-unsaturated/α-hetero) is 2. The van der Waals surface area contributed by atoms with Crippen molar-refractivity contribution in [2.24, 2.45) is 39.4 Å². The topological polar surface area (TPSA) is 170 Å². The molecule has 0 aromatic carbocycles. The van der Waals surface area contributed by atoms with Crippen LogP contribution in [-0.2, 0) is 23.9 Å². The lowest BCUT2D eigenvalue weighted by Crippen LogP contribution is -2.65. The van der Waals surface area contributed by atoms with Crippen molar-refractivity contribution in [2.45, 2.75) is 111 Å². The van der Waals surface area contributed by atoms with Crippen LogP contribution in [-0.4, -0.2) is 67.5 Å². The van der Waals surface area contributed by atoms with Gasteiger partial charge in [0.2, 0.25) is 0 Å². The van der Waals surface area contributed by atoms with E-state index in [0.717, 1.165) is 5.57 Å². The molecule has 5 N–H and O–H groups in total. The first-order valence-electron chi connectivity index (χ1n) is 14.4. The van der Waals surface area contributed by atoms with Crippen LogP contribution in [0.25, 0.3) is 0 Å². The molecule has 0 saturated heterocycles. The van der Waals surface area contributed by atoms with Gasteiger partial charge in [0.15, 0.2) is 11.6 Å². The molecule has 9 atom stereocenters. The number of esters is 1. The zero-order valence-corrected chi connectivity index (χ0v) is 25.8. The fourth-order valence-corrected chi connectivity index (χ4v) is 9.40. The van der Waals surface area contributed by atoms with E-state index < -0.39 is 62.7 Å². The number of hydrogen-bond acceptors (Lipinski definition) is 8. The van der Waals surface area contributed by atoms with Gasteiger partial charge in [-0.15, -0.1) is 0 Å². The van der Waals surface area contributed by atoms with Crippen LogP contribution < -0.4 is 0 Å². The van der Waals surface area contributed by atoms with E-state index >= 15 is 0 Å². The third-order valence-corrected chi connectivity index (χ3v) is 11.5. The van der Waals surface area contributed by atoms with Crippen LogP contribution in [0, 0.1) is 39.4 Å². The van der Waals surface area contributed by atoms with Gasteiger partial charge in [-0.25, -0.2) is 0 Å². The molecule has 0 radical (unpaired) electrons. The van der Waals surface area contributed by atoms with Crippen LogP contribution in [0.5, 0.6) is 0 Å². The van der Waals surface area contributed by atoms with E-state index in [4.69, 9.17) is 4.74 Å². The first-order chi connectivity index (χ1) is 18.1. The number of ether oxygens (including phenoxy) is 1. The lowest BCUT2D eigenvalue weighted by molar-refractivity contribution is -0.183. The summed E-state index contributed by atoms with van der Waals surface area (Å²) in [4.78, 5) is 52.1. The van der Waals surface area contributed by atoms with Gasteiger partial charge in [0, 0.05) is 30.1 Å². The van der Waals surface area contributed by atoms with E-state index in [2.05, 4.69) is 13.0 Å². The molecular weight excluding hydrogens is 528 g/mol. The van der Waals surface area contributed by atoms with Crippen LogP contribution in [0.2, 0.25) is 0 Å². The summed E-state index contributed by atoms with van der Waals surface area (Å²) in [6.07, 6.45) is 3.55. The summed E-state index contributed by atoms with van der Waals surface area (Å²) in [5.74, 6) is -2.85. The van der Waals surface area contributed by atoms with Gasteiger partial charge in [0.1, 0.15) is 23.1 Å². The highest BCUT2D eigenvalue weighted by atomic mass is 16.6. The van der Waals surface area contributed by atoms with Crippen LogP contribution in [0.15, 0.2) is 23.8 Å². The van der Waals surface area contributed by atoms with Gasteiger partial charge in [-0.1, -0.05) is 32.4 Å². The minimum absolute atomic E-state index is 0. The van der Waals surface area contributed by atoms with Gasteiger partial charge < -0.3 is 25.5 Å². The second-order valence-electron chi connectivity index (χ2n) is 14.8. The molecule has 0 aliphatic heterocycles. The number of aliphatic hydroxyl groups excluding tert-OH is 2. The molecule has 0 unspecified atom stereocenters. The van der Waals surface area contributed by atoms with E-state index in [1.54, 1.807) is 13.8 Å². The Labute approximate surface area is 242 Å². The standard InChI is InChI=1S/C32H46O8.H2O/c1-17(33)40-27(2,3)13-12-23(36)32(9,39)25-21(35)15-29(6)22-11-10-18-19(14-20(34)26(38)28(18,4)5)31(22,8)24(37)16-30(25,29)7;/h10,12-13,19-22,25,34-35,39H,11,14-16H2,1-9H3;1H2/b13-12-;/t19-,20+,21-,22+,25+,29+,30-,31+,32+;/m1./s1. The Morgan fingerprint density at radius 2 is 1.63 bits per heavy atom. The van der Waals surface area contributed by atoms with Crippen molar-refractivity contribution in [1.29, 1.82) is 0 Å². The maximum absolute atomic E-state index is 14.3. The number of aliphatic hydroxyl groups is 3. The third-order valence-electron chi connectivity index (χ3n) is 11.5. The highest BCUT2D eigenvalue weighted by molar-refractivity contribution is 5.98. The molecule has 0 amide bonds. The average molecular weight is 577 g/mol. The quantitative estimate of drug-likeness (QED) is 0.255. The molecule has 3 fully saturated rings. The van der Waals surface area contributed by atoms with Gasteiger partial charge in [0.05, 0.1) is 6.10 Å². The summed E-state index contributed by atoms with van der Waals surface area (Å²) < 4.78 is 5.23. The van der Waals surface area contributed by atoms with Crippen molar-refractivity contribution < 1.29 is 44.7 Å². The maximum Gasteiger partial charge on any atom is 0.303 e. The molecule has 4 rings (SSSR count). The minimum Gasteiger partial charge on any atom is -0.456 e. The van der Waals surface area contributed by atoms with E-state index in [-0.39, 0.29) is 41.7 Å². The largest absolute Gasteiger partial charge is 0.456 e. The number of fused-ring (bicyclic) bond motifs is 5. The summed E-state index contributed by atoms with van der Waals surface area (Å²) in [6.45, 7) is 15.4. The molecule has 230 valence electrons. The molecule has 3 saturated carbocycles. The number of allylic oxidation sites excluding steroid dienone is 2. The first kappa shape index (κ1) is 33.3. The lowest BCUT2D eigenvalue weighted by atomic mass is 9.38. The number of carbonyl (C=O) groups excluding carboxylic acids is 4. The molecule has 4 aliphatic rings. The second-order valence-corrected chi connectivity index (χ2v) is 14.8. The number of carbonyl (C=O) groups is 4. The van der Waals surface area contributed by atoms with E-state index in [1.807, 2.05) is 27.7 Å².